The Kier molecular flexibility index (Phi) is 5.12. The van der Waals surface area contributed by atoms with Crippen molar-refractivity contribution in [3.8, 4) is 6.07 Å². The molecule has 1 aromatic rings. The van der Waals surface area contributed by atoms with Gasteiger partial charge in [0.05, 0.1) is 24.3 Å². The Morgan fingerprint density at radius 1 is 1.62 bits per heavy atom. The van der Waals surface area contributed by atoms with Gasteiger partial charge in [-0.2, -0.15) is 5.26 Å². The first-order valence-electron chi connectivity index (χ1n) is 7.04. The Balaban J connectivity index is 2.14. The van der Waals surface area contributed by atoms with E-state index in [4.69, 9.17) is 5.26 Å². The van der Waals surface area contributed by atoms with Gasteiger partial charge in [0.2, 0.25) is 0 Å². The number of nitrogens with zero attached hydrogens (tertiary/aromatic N) is 3. The predicted octanol–water partition coefficient (Wildman–Crippen LogP) is 1.23. The Hall–Kier alpha value is -2.13. The zero-order chi connectivity index (χ0) is 15.2. The van der Waals surface area contributed by atoms with E-state index in [1.807, 2.05) is 17.9 Å². The van der Waals surface area contributed by atoms with Crippen LogP contribution in [0, 0.1) is 17.1 Å². The second-order valence-corrected chi connectivity index (χ2v) is 4.98. The number of likely N-dealkylation sites (tertiary alicyclic amines) is 1. The highest BCUT2D eigenvalue weighted by atomic mass is 19.1. The first kappa shape index (κ1) is 15.3. The summed E-state index contributed by atoms with van der Waals surface area (Å²) in [6, 6.07) is 6.25. The van der Waals surface area contributed by atoms with Crippen molar-refractivity contribution in [1.29, 1.82) is 5.26 Å². The van der Waals surface area contributed by atoms with E-state index >= 15 is 0 Å². The topological polar surface area (TPSA) is 71.7 Å². The Morgan fingerprint density at radius 3 is 3.05 bits per heavy atom. The molecule has 1 heterocycles. The normalized spacial score (nSPS) is 18.7. The Labute approximate surface area is 123 Å². The first-order chi connectivity index (χ1) is 10.1. The maximum absolute atomic E-state index is 13.7. The fourth-order valence-corrected chi connectivity index (χ4v) is 2.29. The standard InChI is InChI=1S/C15H19FN4O/c1-2-18-15(20-6-5-13(21)10-20)19-9-12-7-11(8-17)3-4-14(12)16/h3-4,7,13,21H,2,5-6,9-10H2,1H3,(H,18,19)/t13-/m1/s1. The molecule has 0 radical (unpaired) electrons. The number of halogens is 1. The van der Waals surface area contributed by atoms with Crippen molar-refractivity contribution in [2.24, 2.45) is 4.99 Å². The molecule has 0 aliphatic carbocycles. The number of β-amino-alcohol motifs (C(OH)–C–C–N with tert-alkyl or cyclic N) is 1. The molecule has 1 aliphatic heterocycles. The summed E-state index contributed by atoms with van der Waals surface area (Å²) in [6.07, 6.45) is 0.371. The summed E-state index contributed by atoms with van der Waals surface area (Å²) in [5.74, 6) is 0.297. The van der Waals surface area contributed by atoms with Crippen molar-refractivity contribution >= 4 is 5.96 Å². The van der Waals surface area contributed by atoms with E-state index in [2.05, 4.69) is 10.3 Å². The molecule has 0 aromatic heterocycles. The average molecular weight is 290 g/mol. The molecule has 5 nitrogen and oxygen atoms in total. The fraction of sp³-hybridized carbons (Fsp3) is 0.467. The molecule has 0 amide bonds. The molecule has 0 unspecified atom stereocenters. The summed E-state index contributed by atoms with van der Waals surface area (Å²) < 4.78 is 13.7. The number of nitrogens with one attached hydrogen (secondary N) is 1. The zero-order valence-corrected chi connectivity index (χ0v) is 12.0. The summed E-state index contributed by atoms with van der Waals surface area (Å²) in [5, 5.41) is 21.6. The monoisotopic (exact) mass is 290 g/mol. The molecule has 0 bridgehead atoms. The molecule has 2 rings (SSSR count). The van der Waals surface area contributed by atoms with Crippen LogP contribution in [0.2, 0.25) is 0 Å². The maximum atomic E-state index is 13.7. The van der Waals surface area contributed by atoms with Gasteiger partial charge in [-0.25, -0.2) is 9.38 Å². The third kappa shape index (κ3) is 3.92. The van der Waals surface area contributed by atoms with Crippen LogP contribution in [-0.2, 0) is 6.54 Å². The minimum absolute atomic E-state index is 0.163. The third-order valence-corrected chi connectivity index (χ3v) is 3.37. The molecule has 112 valence electrons. The van der Waals surface area contributed by atoms with Crippen LogP contribution in [-0.4, -0.2) is 41.7 Å². The molecule has 0 saturated carbocycles. The SMILES string of the molecule is CCNC(=NCc1cc(C#N)ccc1F)N1CC[C@@H](O)C1. The fourth-order valence-electron chi connectivity index (χ4n) is 2.29. The number of benzene rings is 1. The molecule has 6 heteroatoms. The summed E-state index contributed by atoms with van der Waals surface area (Å²) in [4.78, 5) is 6.37. The maximum Gasteiger partial charge on any atom is 0.194 e. The van der Waals surface area contributed by atoms with Crippen LogP contribution >= 0.6 is 0 Å². The van der Waals surface area contributed by atoms with Gasteiger partial charge in [-0.05, 0) is 31.5 Å². The highest BCUT2D eigenvalue weighted by Gasteiger charge is 2.22. The van der Waals surface area contributed by atoms with Crippen molar-refractivity contribution in [3.63, 3.8) is 0 Å². The second-order valence-electron chi connectivity index (χ2n) is 4.98. The van der Waals surface area contributed by atoms with Crippen molar-refractivity contribution < 1.29 is 9.50 Å². The Bertz CT molecular complexity index is 567. The van der Waals surface area contributed by atoms with E-state index in [1.165, 1.54) is 18.2 Å². The van der Waals surface area contributed by atoms with Crippen molar-refractivity contribution in [3.05, 3.63) is 35.1 Å². The highest BCUT2D eigenvalue weighted by Crippen LogP contribution is 2.13. The van der Waals surface area contributed by atoms with Gasteiger partial charge >= 0.3 is 0 Å². The average Bonchev–Trinajstić information content (AvgIpc) is 2.91. The van der Waals surface area contributed by atoms with Crippen molar-refractivity contribution in [1.82, 2.24) is 10.2 Å². The number of hydrogen-bond acceptors (Lipinski definition) is 3. The van der Waals surface area contributed by atoms with E-state index in [-0.39, 0.29) is 18.5 Å². The lowest BCUT2D eigenvalue weighted by molar-refractivity contribution is 0.188. The van der Waals surface area contributed by atoms with E-state index < -0.39 is 0 Å². The molecule has 21 heavy (non-hydrogen) atoms. The van der Waals surface area contributed by atoms with Crippen molar-refractivity contribution in [2.75, 3.05) is 19.6 Å². The van der Waals surface area contributed by atoms with Gasteiger partial charge in [0.1, 0.15) is 5.82 Å². The highest BCUT2D eigenvalue weighted by molar-refractivity contribution is 5.80. The first-order valence-corrected chi connectivity index (χ1v) is 7.04. The number of aliphatic hydroxyl groups excluding tert-OH is 1. The van der Waals surface area contributed by atoms with E-state index in [1.54, 1.807) is 0 Å². The number of aliphatic imine (C=N–C) groups is 1. The molecule has 1 atom stereocenters. The van der Waals surface area contributed by atoms with Gasteiger partial charge in [-0.3, -0.25) is 0 Å². The van der Waals surface area contributed by atoms with Crippen LogP contribution in [0.4, 0.5) is 4.39 Å². The van der Waals surface area contributed by atoms with Gasteiger partial charge in [0, 0.05) is 25.2 Å². The number of guanidine groups is 1. The summed E-state index contributed by atoms with van der Waals surface area (Å²) in [5.41, 5.74) is 0.812. The predicted molar refractivity (Wildman–Crippen MR) is 78.1 cm³/mol. The van der Waals surface area contributed by atoms with Gasteiger partial charge < -0.3 is 15.3 Å². The molecule has 1 aromatic carbocycles. The van der Waals surface area contributed by atoms with Crippen LogP contribution in [0.3, 0.4) is 0 Å². The van der Waals surface area contributed by atoms with E-state index in [9.17, 15) is 9.50 Å². The van der Waals surface area contributed by atoms with Crippen LogP contribution in [0.25, 0.3) is 0 Å². The molecule has 1 saturated heterocycles. The summed E-state index contributed by atoms with van der Waals surface area (Å²) in [6.45, 7) is 4.08. The van der Waals surface area contributed by atoms with Crippen LogP contribution < -0.4 is 5.32 Å². The number of hydrogen-bond donors (Lipinski definition) is 2. The number of nitriles is 1. The third-order valence-electron chi connectivity index (χ3n) is 3.37. The van der Waals surface area contributed by atoms with Gasteiger partial charge in [0.25, 0.3) is 0 Å². The smallest absolute Gasteiger partial charge is 0.194 e. The Morgan fingerprint density at radius 2 is 2.43 bits per heavy atom. The van der Waals surface area contributed by atoms with Crippen molar-refractivity contribution in [2.45, 2.75) is 26.0 Å². The van der Waals surface area contributed by atoms with Gasteiger partial charge in [-0.15, -0.1) is 0 Å². The van der Waals surface area contributed by atoms with Crippen LogP contribution in [0.1, 0.15) is 24.5 Å². The molecule has 0 spiro atoms. The summed E-state index contributed by atoms with van der Waals surface area (Å²) in [7, 11) is 0. The molecule has 2 N–H and O–H groups in total. The van der Waals surface area contributed by atoms with Crippen LogP contribution in [0.15, 0.2) is 23.2 Å². The quantitative estimate of drug-likeness (QED) is 0.649. The number of aliphatic hydroxyl groups is 1. The molecular weight excluding hydrogens is 271 g/mol. The number of rotatable bonds is 3. The lowest BCUT2D eigenvalue weighted by atomic mass is 10.1. The molecule has 1 fully saturated rings. The minimum atomic E-state index is -0.366. The largest absolute Gasteiger partial charge is 0.391 e. The summed E-state index contributed by atoms with van der Waals surface area (Å²) >= 11 is 0. The van der Waals surface area contributed by atoms with Gasteiger partial charge in [-0.1, -0.05) is 0 Å². The minimum Gasteiger partial charge on any atom is -0.391 e. The van der Waals surface area contributed by atoms with Crippen LogP contribution in [0.5, 0.6) is 0 Å². The lowest BCUT2D eigenvalue weighted by Gasteiger charge is -2.21. The second kappa shape index (κ2) is 7.04. The zero-order valence-electron chi connectivity index (χ0n) is 12.0. The molecular formula is C15H19FN4O. The van der Waals surface area contributed by atoms with E-state index in [0.29, 0.717) is 36.6 Å². The lowest BCUT2D eigenvalue weighted by Crippen LogP contribution is -2.40. The van der Waals surface area contributed by atoms with E-state index in [0.717, 1.165) is 6.54 Å². The molecule has 1 aliphatic rings. The van der Waals surface area contributed by atoms with Gasteiger partial charge in [0.15, 0.2) is 5.96 Å².